The van der Waals surface area contributed by atoms with Crippen LogP contribution in [0.5, 0.6) is 0 Å². The van der Waals surface area contributed by atoms with Gasteiger partial charge in [-0.1, -0.05) is 23.2 Å². The van der Waals surface area contributed by atoms with E-state index in [2.05, 4.69) is 36.8 Å². The van der Waals surface area contributed by atoms with Gasteiger partial charge in [0.05, 0.1) is 21.3 Å². The SMILES string of the molecule is Cc1c(C(=O)Nc2ccc(Cl)c(Cl)c2)oc2c1/C(=N/NC(=O)c1cncc(Br)c1)CCC2. The van der Waals surface area contributed by atoms with E-state index in [4.69, 9.17) is 27.6 Å². The third-order valence-electron chi connectivity index (χ3n) is 4.97. The number of hydrazone groups is 1. The first-order valence-corrected chi connectivity index (χ1v) is 11.2. The Kier molecular flexibility index (Phi) is 6.64. The predicted octanol–water partition coefficient (Wildman–Crippen LogP) is 5.78. The Hall–Kier alpha value is -2.68. The minimum Gasteiger partial charge on any atom is -0.455 e. The van der Waals surface area contributed by atoms with Gasteiger partial charge in [-0.25, -0.2) is 5.43 Å². The van der Waals surface area contributed by atoms with Crippen LogP contribution in [0.3, 0.4) is 0 Å². The van der Waals surface area contributed by atoms with Gasteiger partial charge in [0, 0.05) is 40.1 Å². The van der Waals surface area contributed by atoms with Crippen molar-refractivity contribution in [1.29, 1.82) is 0 Å². The highest BCUT2D eigenvalue weighted by atomic mass is 79.9. The van der Waals surface area contributed by atoms with Crippen molar-refractivity contribution in [2.75, 3.05) is 5.32 Å². The van der Waals surface area contributed by atoms with Gasteiger partial charge < -0.3 is 9.73 Å². The van der Waals surface area contributed by atoms with Gasteiger partial charge in [-0.3, -0.25) is 14.6 Å². The van der Waals surface area contributed by atoms with Crippen LogP contribution in [0.4, 0.5) is 5.69 Å². The number of nitrogens with one attached hydrogen (secondary N) is 2. The summed E-state index contributed by atoms with van der Waals surface area (Å²) in [7, 11) is 0. The second-order valence-corrected chi connectivity index (χ2v) is 8.91. The van der Waals surface area contributed by atoms with E-state index in [0.717, 1.165) is 12.0 Å². The maximum absolute atomic E-state index is 12.8. The third kappa shape index (κ3) is 4.72. The van der Waals surface area contributed by atoms with Crippen molar-refractivity contribution in [2.45, 2.75) is 26.2 Å². The number of aryl methyl sites for hydroxylation is 1. The molecule has 0 aliphatic heterocycles. The van der Waals surface area contributed by atoms with E-state index in [1.54, 1.807) is 37.4 Å². The first kappa shape index (κ1) is 22.5. The third-order valence-corrected chi connectivity index (χ3v) is 6.14. The number of fused-ring (bicyclic) bond motifs is 1. The first-order valence-electron chi connectivity index (χ1n) is 9.70. The van der Waals surface area contributed by atoms with Crippen LogP contribution >= 0.6 is 39.1 Å². The molecule has 0 bridgehead atoms. The van der Waals surface area contributed by atoms with E-state index in [1.807, 2.05) is 0 Å². The molecule has 2 amide bonds. The molecular formula is C22H17BrCl2N4O3. The Labute approximate surface area is 202 Å². The number of nitrogens with zero attached hydrogens (tertiary/aromatic N) is 2. The zero-order valence-electron chi connectivity index (χ0n) is 16.8. The lowest BCUT2D eigenvalue weighted by Gasteiger charge is -2.13. The standard InChI is InChI=1S/C22H17BrCl2N4O3/c1-11-19-17(28-29-21(30)12-7-13(23)10-26-9-12)3-2-4-18(19)32-20(11)22(31)27-14-5-6-15(24)16(25)8-14/h5-10H,2-4H2,1H3,(H,27,31)(H,29,30)/b28-17+. The highest BCUT2D eigenvalue weighted by molar-refractivity contribution is 9.10. The number of hydrogen-bond donors (Lipinski definition) is 2. The summed E-state index contributed by atoms with van der Waals surface area (Å²) >= 11 is 15.3. The predicted molar refractivity (Wildman–Crippen MR) is 127 cm³/mol. The molecule has 0 fully saturated rings. The summed E-state index contributed by atoms with van der Waals surface area (Å²) < 4.78 is 6.58. The molecule has 0 saturated carbocycles. The molecular weight excluding hydrogens is 519 g/mol. The molecule has 164 valence electrons. The van der Waals surface area contributed by atoms with Crippen LogP contribution in [-0.2, 0) is 6.42 Å². The molecule has 4 rings (SSSR count). The lowest BCUT2D eigenvalue weighted by Crippen LogP contribution is -2.22. The van der Waals surface area contributed by atoms with Crippen molar-refractivity contribution in [2.24, 2.45) is 5.10 Å². The second-order valence-electron chi connectivity index (χ2n) is 7.18. The van der Waals surface area contributed by atoms with E-state index in [0.29, 0.717) is 55.6 Å². The number of rotatable bonds is 4. The van der Waals surface area contributed by atoms with Crippen LogP contribution in [-0.4, -0.2) is 22.5 Å². The number of carbonyl (C=O) groups excluding carboxylic acids is 2. The number of anilines is 1. The Morgan fingerprint density at radius 2 is 1.94 bits per heavy atom. The van der Waals surface area contributed by atoms with E-state index in [9.17, 15) is 9.59 Å². The molecule has 32 heavy (non-hydrogen) atoms. The van der Waals surface area contributed by atoms with Gasteiger partial charge in [0.2, 0.25) is 0 Å². The summed E-state index contributed by atoms with van der Waals surface area (Å²) in [5.74, 6) is 0.0828. The highest BCUT2D eigenvalue weighted by Gasteiger charge is 2.28. The number of amides is 2. The maximum atomic E-state index is 12.8. The van der Waals surface area contributed by atoms with E-state index < -0.39 is 5.91 Å². The maximum Gasteiger partial charge on any atom is 0.291 e. The summed E-state index contributed by atoms with van der Waals surface area (Å²) in [6.07, 6.45) is 5.18. The molecule has 2 aromatic heterocycles. The second kappa shape index (κ2) is 9.44. The van der Waals surface area contributed by atoms with Crippen LogP contribution in [0.2, 0.25) is 10.0 Å². The van der Waals surface area contributed by atoms with Crippen molar-refractivity contribution in [1.82, 2.24) is 10.4 Å². The van der Waals surface area contributed by atoms with E-state index in [-0.39, 0.29) is 11.7 Å². The first-order chi connectivity index (χ1) is 15.3. The van der Waals surface area contributed by atoms with Gasteiger partial charge in [-0.15, -0.1) is 0 Å². The van der Waals surface area contributed by atoms with Crippen molar-refractivity contribution in [3.8, 4) is 0 Å². The van der Waals surface area contributed by atoms with Gasteiger partial charge in [0.15, 0.2) is 5.76 Å². The van der Waals surface area contributed by atoms with Crippen molar-refractivity contribution in [3.05, 3.63) is 79.4 Å². The topological polar surface area (TPSA) is 96.6 Å². The fourth-order valence-electron chi connectivity index (χ4n) is 3.48. The van der Waals surface area contributed by atoms with E-state index >= 15 is 0 Å². The fraction of sp³-hybridized carbons (Fsp3) is 0.182. The van der Waals surface area contributed by atoms with Gasteiger partial charge in [0.1, 0.15) is 5.76 Å². The molecule has 0 unspecified atom stereocenters. The van der Waals surface area contributed by atoms with Gasteiger partial charge in [-0.2, -0.15) is 5.10 Å². The largest absolute Gasteiger partial charge is 0.455 e. The molecule has 0 atom stereocenters. The van der Waals surface area contributed by atoms with Crippen molar-refractivity contribution < 1.29 is 14.0 Å². The lowest BCUT2D eigenvalue weighted by molar-refractivity contribution is 0.0953. The summed E-state index contributed by atoms with van der Waals surface area (Å²) in [4.78, 5) is 29.2. The molecule has 3 aromatic rings. The number of hydrogen-bond acceptors (Lipinski definition) is 5. The molecule has 0 radical (unpaired) electrons. The molecule has 0 spiro atoms. The van der Waals surface area contributed by atoms with Gasteiger partial charge in [0.25, 0.3) is 11.8 Å². The molecule has 2 heterocycles. The average molecular weight is 536 g/mol. The van der Waals surface area contributed by atoms with Crippen LogP contribution in [0.15, 0.2) is 50.7 Å². The summed E-state index contributed by atoms with van der Waals surface area (Å²) in [5.41, 5.74) is 5.53. The molecule has 10 heteroatoms. The summed E-state index contributed by atoms with van der Waals surface area (Å²) in [5, 5.41) is 7.83. The molecule has 1 aromatic carbocycles. The quantitative estimate of drug-likeness (QED) is 0.414. The van der Waals surface area contributed by atoms with Crippen LogP contribution < -0.4 is 10.7 Å². The Morgan fingerprint density at radius 3 is 2.69 bits per heavy atom. The normalized spacial score (nSPS) is 14.2. The van der Waals surface area contributed by atoms with E-state index in [1.165, 1.54) is 6.20 Å². The Bertz CT molecular complexity index is 1260. The van der Waals surface area contributed by atoms with Crippen LogP contribution in [0.1, 0.15) is 50.6 Å². The van der Waals surface area contributed by atoms with Crippen molar-refractivity contribution >= 4 is 62.3 Å². The molecule has 2 N–H and O–H groups in total. The summed E-state index contributed by atoms with van der Waals surface area (Å²) in [6, 6.07) is 6.49. The monoisotopic (exact) mass is 534 g/mol. The number of aromatic nitrogens is 1. The minimum atomic E-state index is -0.404. The number of halogens is 3. The molecule has 1 aliphatic carbocycles. The zero-order chi connectivity index (χ0) is 22.8. The molecule has 0 saturated heterocycles. The number of benzene rings is 1. The number of carbonyl (C=O) groups is 2. The minimum absolute atomic E-state index is 0.193. The number of pyridine rings is 1. The smallest absolute Gasteiger partial charge is 0.291 e. The molecule has 1 aliphatic rings. The Balaban J connectivity index is 1.57. The Morgan fingerprint density at radius 1 is 1.12 bits per heavy atom. The van der Waals surface area contributed by atoms with Crippen LogP contribution in [0.25, 0.3) is 0 Å². The van der Waals surface area contributed by atoms with Gasteiger partial charge >= 0.3 is 0 Å². The number of furan rings is 1. The van der Waals surface area contributed by atoms with Crippen molar-refractivity contribution in [3.63, 3.8) is 0 Å². The lowest BCUT2D eigenvalue weighted by atomic mass is 9.93. The molecule has 7 nitrogen and oxygen atoms in total. The average Bonchev–Trinajstić information content (AvgIpc) is 3.12. The fourth-order valence-corrected chi connectivity index (χ4v) is 4.14. The summed E-state index contributed by atoms with van der Waals surface area (Å²) in [6.45, 7) is 1.80. The highest BCUT2D eigenvalue weighted by Crippen LogP contribution is 2.31. The van der Waals surface area contributed by atoms with Crippen LogP contribution in [0, 0.1) is 6.92 Å². The van der Waals surface area contributed by atoms with Gasteiger partial charge in [-0.05, 0) is 60.0 Å². The zero-order valence-corrected chi connectivity index (χ0v) is 19.9.